The maximum absolute atomic E-state index is 13.4. The van der Waals surface area contributed by atoms with Gasteiger partial charge in [0, 0.05) is 43.0 Å². The first kappa shape index (κ1) is 30.3. The number of aromatic nitrogens is 4. The molecule has 1 aromatic carbocycles. The zero-order valence-electron chi connectivity index (χ0n) is 21.6. The molecule has 0 bridgehead atoms. The number of H-pyrrole nitrogens is 2. The number of nitrogens with two attached hydrogens (primary N) is 1. The van der Waals surface area contributed by atoms with E-state index >= 15 is 0 Å². The highest BCUT2D eigenvalue weighted by molar-refractivity contribution is 5.95. The lowest BCUT2D eigenvalue weighted by Gasteiger charge is -2.25. The Labute approximate surface area is 232 Å². The fraction of sp³-hybridized carbons (Fsp3) is 0.320. The maximum atomic E-state index is 13.4. The number of phenolic OH excluding ortho intramolecular Hbond substituents is 1. The Kier molecular flexibility index (Phi) is 10.5. The van der Waals surface area contributed by atoms with E-state index in [1.54, 1.807) is 0 Å². The number of carbonyl (C=O) groups excluding carboxylic acids is 3. The summed E-state index contributed by atoms with van der Waals surface area (Å²) in [6, 6.07) is 0.385. The van der Waals surface area contributed by atoms with Crippen LogP contribution in [0.5, 0.6) is 5.75 Å². The molecule has 218 valence electrons. The third kappa shape index (κ3) is 9.47. The minimum atomic E-state index is -1.44. The van der Waals surface area contributed by atoms with Crippen molar-refractivity contribution in [3.05, 3.63) is 66.3 Å². The van der Waals surface area contributed by atoms with E-state index in [0.717, 1.165) is 0 Å². The number of rotatable bonds is 15. The van der Waals surface area contributed by atoms with Gasteiger partial charge in [0.15, 0.2) is 0 Å². The highest BCUT2D eigenvalue weighted by Gasteiger charge is 2.31. The number of carbonyl (C=O) groups is 5. The number of amides is 3. The lowest BCUT2D eigenvalue weighted by atomic mass is 10.0. The quantitative estimate of drug-likeness (QED) is 0.0984. The maximum Gasteiger partial charge on any atom is 0.326 e. The van der Waals surface area contributed by atoms with Gasteiger partial charge in [-0.2, -0.15) is 0 Å². The van der Waals surface area contributed by atoms with Crippen molar-refractivity contribution in [1.29, 1.82) is 0 Å². The number of imidazole rings is 2. The van der Waals surface area contributed by atoms with E-state index < -0.39 is 60.2 Å². The van der Waals surface area contributed by atoms with E-state index in [1.165, 1.54) is 49.3 Å². The van der Waals surface area contributed by atoms with Crippen LogP contribution >= 0.6 is 0 Å². The Morgan fingerprint density at radius 1 is 0.756 bits per heavy atom. The third-order valence-electron chi connectivity index (χ3n) is 5.95. The second-order valence-corrected chi connectivity index (χ2v) is 9.16. The first-order chi connectivity index (χ1) is 19.5. The molecule has 0 saturated heterocycles. The average molecular weight is 571 g/mol. The van der Waals surface area contributed by atoms with Gasteiger partial charge in [-0.25, -0.2) is 14.8 Å². The largest absolute Gasteiger partial charge is 0.508 e. The molecule has 2 aromatic heterocycles. The molecular weight excluding hydrogens is 540 g/mol. The summed E-state index contributed by atoms with van der Waals surface area (Å²) >= 11 is 0. The number of aromatic amines is 2. The third-order valence-corrected chi connectivity index (χ3v) is 5.95. The summed E-state index contributed by atoms with van der Waals surface area (Å²) < 4.78 is 0. The van der Waals surface area contributed by atoms with E-state index in [0.29, 0.717) is 17.0 Å². The van der Waals surface area contributed by atoms with E-state index in [4.69, 9.17) is 10.8 Å². The molecule has 3 rings (SSSR count). The predicted molar refractivity (Wildman–Crippen MR) is 140 cm³/mol. The number of benzene rings is 1. The van der Waals surface area contributed by atoms with Gasteiger partial charge in [-0.3, -0.25) is 19.2 Å². The summed E-state index contributed by atoms with van der Waals surface area (Å²) in [4.78, 5) is 75.4. The number of phenols is 1. The number of hydrogen-bond donors (Lipinski definition) is 9. The van der Waals surface area contributed by atoms with Gasteiger partial charge >= 0.3 is 11.9 Å². The van der Waals surface area contributed by atoms with Crippen LogP contribution in [0, 0.1) is 0 Å². The molecule has 2 heterocycles. The lowest BCUT2D eigenvalue weighted by Crippen LogP contribution is -2.58. The van der Waals surface area contributed by atoms with Gasteiger partial charge in [-0.1, -0.05) is 12.1 Å². The van der Waals surface area contributed by atoms with Gasteiger partial charge < -0.3 is 47.0 Å². The van der Waals surface area contributed by atoms with Crippen LogP contribution in [0.4, 0.5) is 0 Å². The van der Waals surface area contributed by atoms with Gasteiger partial charge in [0.05, 0.1) is 25.1 Å². The van der Waals surface area contributed by atoms with Crippen LogP contribution in [0.1, 0.15) is 23.4 Å². The Balaban J connectivity index is 1.83. The standard InChI is InChI=1S/C25H30N8O8/c26-17(8-21(35)36)22(37)31-19(6-14-9-27-11-29-14)24(39)32-18(5-13-1-3-16(34)4-2-13)23(38)33-20(25(40)41)7-15-10-28-12-30-15/h1-4,9-12,17-20,34H,5-8,26H2,(H,27,29)(H,28,30)(H,31,37)(H,32,39)(H,33,38)(H,35,36)(H,40,41). The highest BCUT2D eigenvalue weighted by atomic mass is 16.4. The molecule has 0 aliphatic rings. The molecule has 16 nitrogen and oxygen atoms in total. The minimum Gasteiger partial charge on any atom is -0.508 e. The van der Waals surface area contributed by atoms with E-state index in [2.05, 4.69) is 35.9 Å². The van der Waals surface area contributed by atoms with Gasteiger partial charge in [-0.05, 0) is 17.7 Å². The summed E-state index contributed by atoms with van der Waals surface area (Å²) in [6.45, 7) is 0. The van der Waals surface area contributed by atoms with Gasteiger partial charge in [0.2, 0.25) is 17.7 Å². The van der Waals surface area contributed by atoms with Crippen molar-refractivity contribution in [2.45, 2.75) is 49.9 Å². The van der Waals surface area contributed by atoms with E-state index in [1.807, 2.05) is 0 Å². The number of hydrogen-bond acceptors (Lipinski definition) is 9. The SMILES string of the molecule is NC(CC(=O)O)C(=O)NC(Cc1cnc[nH]1)C(=O)NC(Cc1ccc(O)cc1)C(=O)NC(Cc1cnc[nH]1)C(=O)O. The zero-order valence-corrected chi connectivity index (χ0v) is 21.6. The zero-order chi connectivity index (χ0) is 29.9. The molecule has 0 aliphatic carbocycles. The number of nitrogens with one attached hydrogen (secondary N) is 5. The number of aromatic hydroxyl groups is 1. The Bertz CT molecular complexity index is 1330. The minimum absolute atomic E-state index is 0.0238. The monoisotopic (exact) mass is 570 g/mol. The van der Waals surface area contributed by atoms with Crippen LogP contribution < -0.4 is 21.7 Å². The van der Waals surface area contributed by atoms with Crippen molar-refractivity contribution >= 4 is 29.7 Å². The Morgan fingerprint density at radius 3 is 1.73 bits per heavy atom. The molecule has 0 radical (unpaired) electrons. The molecule has 10 N–H and O–H groups in total. The number of carboxylic acid groups (broad SMARTS) is 2. The number of aliphatic carboxylic acids is 2. The molecular formula is C25H30N8O8. The van der Waals surface area contributed by atoms with Crippen LogP contribution in [0.2, 0.25) is 0 Å². The van der Waals surface area contributed by atoms with Crippen molar-refractivity contribution in [3.63, 3.8) is 0 Å². The summed E-state index contributed by atoms with van der Waals surface area (Å²) in [5.41, 5.74) is 7.08. The molecule has 0 spiro atoms. The van der Waals surface area contributed by atoms with Gasteiger partial charge in [0.25, 0.3) is 0 Å². The van der Waals surface area contributed by atoms with Crippen molar-refractivity contribution in [3.8, 4) is 5.75 Å². The molecule has 0 saturated carbocycles. The molecule has 0 aliphatic heterocycles. The summed E-state index contributed by atoms with van der Waals surface area (Å²) in [6.07, 6.45) is 4.55. The van der Waals surface area contributed by atoms with Crippen molar-refractivity contribution in [1.82, 2.24) is 35.9 Å². The smallest absolute Gasteiger partial charge is 0.326 e. The van der Waals surface area contributed by atoms with Crippen LogP contribution in [0.3, 0.4) is 0 Å². The lowest BCUT2D eigenvalue weighted by molar-refractivity contribution is -0.142. The molecule has 3 amide bonds. The Morgan fingerprint density at radius 2 is 1.24 bits per heavy atom. The summed E-state index contributed by atoms with van der Waals surface area (Å²) in [7, 11) is 0. The van der Waals surface area contributed by atoms with E-state index in [9.17, 15) is 34.2 Å². The van der Waals surface area contributed by atoms with Crippen LogP contribution in [0.15, 0.2) is 49.3 Å². The van der Waals surface area contributed by atoms with E-state index in [-0.39, 0.29) is 25.0 Å². The second-order valence-electron chi connectivity index (χ2n) is 9.16. The van der Waals surface area contributed by atoms with Crippen LogP contribution in [-0.4, -0.2) is 89.1 Å². The first-order valence-electron chi connectivity index (χ1n) is 12.4. The summed E-state index contributed by atoms with van der Waals surface area (Å²) in [5.74, 6) is -5.21. The van der Waals surface area contributed by atoms with Crippen LogP contribution in [-0.2, 0) is 43.2 Å². The topological polar surface area (TPSA) is 266 Å². The first-order valence-corrected chi connectivity index (χ1v) is 12.4. The fourth-order valence-electron chi connectivity index (χ4n) is 3.82. The van der Waals surface area contributed by atoms with Crippen LogP contribution in [0.25, 0.3) is 0 Å². The molecule has 3 aromatic rings. The normalized spacial score (nSPS) is 13.8. The number of nitrogens with zero attached hydrogens (tertiary/aromatic N) is 2. The molecule has 4 unspecified atom stereocenters. The fourth-order valence-corrected chi connectivity index (χ4v) is 3.82. The highest BCUT2D eigenvalue weighted by Crippen LogP contribution is 2.12. The van der Waals surface area contributed by atoms with Crippen molar-refractivity contribution in [2.75, 3.05) is 0 Å². The molecule has 41 heavy (non-hydrogen) atoms. The molecule has 0 fully saturated rings. The number of carboxylic acids is 2. The van der Waals surface area contributed by atoms with Crippen molar-refractivity contribution in [2.24, 2.45) is 5.73 Å². The predicted octanol–water partition coefficient (Wildman–Crippen LogP) is -1.79. The summed E-state index contributed by atoms with van der Waals surface area (Å²) in [5, 5.41) is 35.6. The Hall–Kier alpha value is -5.25. The average Bonchev–Trinajstić information content (AvgIpc) is 3.62. The van der Waals surface area contributed by atoms with Crippen molar-refractivity contribution < 1.29 is 39.3 Å². The molecule has 16 heteroatoms. The second kappa shape index (κ2) is 14.2. The van der Waals surface area contributed by atoms with Gasteiger partial charge in [0.1, 0.15) is 23.9 Å². The molecule has 4 atom stereocenters. The van der Waals surface area contributed by atoms with Gasteiger partial charge in [-0.15, -0.1) is 0 Å².